The Kier molecular flexibility index (Phi) is 5.46. The molecule has 23 heavy (non-hydrogen) atoms. The minimum Gasteiger partial charge on any atom is -0.456 e. The predicted molar refractivity (Wildman–Crippen MR) is 97.1 cm³/mol. The molecule has 0 bridgehead atoms. The third kappa shape index (κ3) is 3.41. The van der Waals surface area contributed by atoms with Crippen LogP contribution in [-0.4, -0.2) is 11.6 Å². The molecule has 0 heterocycles. The summed E-state index contributed by atoms with van der Waals surface area (Å²) in [4.78, 5) is 12.9. The lowest BCUT2D eigenvalue weighted by Crippen LogP contribution is -2.33. The van der Waals surface area contributed by atoms with E-state index in [-0.39, 0.29) is 17.5 Å². The highest BCUT2D eigenvalue weighted by Gasteiger charge is 2.30. The lowest BCUT2D eigenvalue weighted by atomic mass is 9.90. The maximum Gasteiger partial charge on any atom is 0.338 e. The molecule has 2 heteroatoms. The van der Waals surface area contributed by atoms with Crippen LogP contribution in [0.5, 0.6) is 0 Å². The summed E-state index contributed by atoms with van der Waals surface area (Å²) in [5.41, 5.74) is 1.44. The number of esters is 1. The average molecular weight is 312 g/mol. The van der Waals surface area contributed by atoms with Crippen LogP contribution in [0.2, 0.25) is 0 Å². The van der Waals surface area contributed by atoms with Gasteiger partial charge in [-0.1, -0.05) is 65.0 Å². The highest BCUT2D eigenvalue weighted by molar-refractivity contribution is 5.99. The zero-order chi connectivity index (χ0) is 17.0. The fourth-order valence-electron chi connectivity index (χ4n) is 3.31. The van der Waals surface area contributed by atoms with Gasteiger partial charge in [-0.15, -0.1) is 0 Å². The molecule has 0 spiro atoms. The number of rotatable bonds is 6. The summed E-state index contributed by atoms with van der Waals surface area (Å²) in [5, 5.41) is 2.31. The van der Waals surface area contributed by atoms with Gasteiger partial charge in [0.15, 0.2) is 0 Å². The number of hydrogen-bond acceptors (Lipinski definition) is 2. The van der Waals surface area contributed by atoms with E-state index >= 15 is 0 Å². The van der Waals surface area contributed by atoms with Crippen molar-refractivity contribution in [3.05, 3.63) is 47.5 Å². The van der Waals surface area contributed by atoms with Crippen LogP contribution in [0, 0.1) is 0 Å². The van der Waals surface area contributed by atoms with Gasteiger partial charge in [0.1, 0.15) is 5.60 Å². The number of ether oxygens (including phenoxy) is 1. The van der Waals surface area contributed by atoms with E-state index in [1.807, 2.05) is 24.3 Å². The largest absolute Gasteiger partial charge is 0.456 e. The van der Waals surface area contributed by atoms with Crippen LogP contribution in [0.3, 0.4) is 0 Å². The van der Waals surface area contributed by atoms with Gasteiger partial charge in [-0.3, -0.25) is 0 Å². The summed E-state index contributed by atoms with van der Waals surface area (Å²) < 4.78 is 5.97. The van der Waals surface area contributed by atoms with E-state index in [2.05, 4.69) is 46.8 Å². The first-order valence-corrected chi connectivity index (χ1v) is 8.73. The molecule has 0 aromatic heterocycles. The van der Waals surface area contributed by atoms with Gasteiger partial charge < -0.3 is 4.74 Å². The molecule has 0 aliphatic heterocycles. The molecule has 0 saturated heterocycles. The maximum atomic E-state index is 12.9. The Labute approximate surface area is 139 Å². The molecule has 0 fully saturated rings. The molecule has 2 nitrogen and oxygen atoms in total. The van der Waals surface area contributed by atoms with Crippen molar-refractivity contribution >= 4 is 16.7 Å². The van der Waals surface area contributed by atoms with Crippen molar-refractivity contribution in [2.24, 2.45) is 0 Å². The number of fused-ring (bicyclic) bond motifs is 1. The molecule has 0 aliphatic carbocycles. The van der Waals surface area contributed by atoms with E-state index in [1.54, 1.807) is 0 Å². The standard InChI is InChI=1S/C21H28O2/c1-6-21(7-2,8-3)23-20(22)18-14-13-16-11-9-10-12-17(16)19(18)15(4)5/h9-15H,6-8H2,1-5H3. The molecule has 124 valence electrons. The van der Waals surface area contributed by atoms with Crippen molar-refractivity contribution in [3.63, 3.8) is 0 Å². The van der Waals surface area contributed by atoms with Crippen LogP contribution < -0.4 is 0 Å². The van der Waals surface area contributed by atoms with E-state index in [4.69, 9.17) is 4.74 Å². The summed E-state index contributed by atoms with van der Waals surface area (Å²) in [6, 6.07) is 12.2. The number of carbonyl (C=O) groups excluding carboxylic acids is 1. The molecule has 0 atom stereocenters. The Balaban J connectivity index is 2.50. The molecular weight excluding hydrogens is 284 g/mol. The van der Waals surface area contributed by atoms with Crippen LogP contribution >= 0.6 is 0 Å². The molecule has 0 radical (unpaired) electrons. The highest BCUT2D eigenvalue weighted by atomic mass is 16.6. The minimum absolute atomic E-state index is 0.190. The summed E-state index contributed by atoms with van der Waals surface area (Å²) in [6.45, 7) is 10.5. The second-order valence-electron chi connectivity index (χ2n) is 6.54. The SMILES string of the molecule is CCC(CC)(CC)OC(=O)c1ccc2ccccc2c1C(C)C. The van der Waals surface area contributed by atoms with Crippen molar-refractivity contribution in [2.75, 3.05) is 0 Å². The van der Waals surface area contributed by atoms with Crippen LogP contribution in [-0.2, 0) is 4.74 Å². The Morgan fingerprint density at radius 1 is 1.00 bits per heavy atom. The van der Waals surface area contributed by atoms with Crippen LogP contribution in [0.1, 0.15) is 75.7 Å². The van der Waals surface area contributed by atoms with Crippen LogP contribution in [0.15, 0.2) is 36.4 Å². The van der Waals surface area contributed by atoms with Gasteiger partial charge in [0.05, 0.1) is 5.56 Å². The molecule has 0 amide bonds. The predicted octanol–water partition coefficient (Wildman–Crippen LogP) is 6.09. The summed E-state index contributed by atoms with van der Waals surface area (Å²) in [5.74, 6) is 0.0768. The summed E-state index contributed by atoms with van der Waals surface area (Å²) in [7, 11) is 0. The van der Waals surface area contributed by atoms with Crippen LogP contribution in [0.25, 0.3) is 10.8 Å². The second-order valence-corrected chi connectivity index (χ2v) is 6.54. The van der Waals surface area contributed by atoms with Crippen molar-refractivity contribution in [1.29, 1.82) is 0 Å². The quantitative estimate of drug-likeness (QED) is 0.603. The zero-order valence-corrected chi connectivity index (χ0v) is 15.0. The van der Waals surface area contributed by atoms with E-state index in [0.717, 1.165) is 30.2 Å². The lowest BCUT2D eigenvalue weighted by molar-refractivity contribution is -0.0250. The first-order valence-electron chi connectivity index (χ1n) is 8.73. The third-order valence-corrected chi connectivity index (χ3v) is 5.01. The first-order chi connectivity index (χ1) is 11.0. The number of hydrogen-bond donors (Lipinski definition) is 0. The van der Waals surface area contributed by atoms with Crippen molar-refractivity contribution in [3.8, 4) is 0 Å². The smallest absolute Gasteiger partial charge is 0.338 e. The van der Waals surface area contributed by atoms with Crippen molar-refractivity contribution < 1.29 is 9.53 Å². The molecule has 0 saturated carbocycles. The van der Waals surface area contributed by atoms with E-state index in [0.29, 0.717) is 5.56 Å². The monoisotopic (exact) mass is 312 g/mol. The molecule has 2 aromatic carbocycles. The average Bonchev–Trinajstić information content (AvgIpc) is 2.58. The molecular formula is C21H28O2. The molecule has 0 unspecified atom stereocenters. The van der Waals surface area contributed by atoms with E-state index < -0.39 is 0 Å². The fourth-order valence-corrected chi connectivity index (χ4v) is 3.31. The Hall–Kier alpha value is -1.83. The van der Waals surface area contributed by atoms with Gasteiger partial charge in [0, 0.05) is 0 Å². The van der Waals surface area contributed by atoms with Gasteiger partial charge in [-0.25, -0.2) is 4.79 Å². The van der Waals surface area contributed by atoms with Crippen molar-refractivity contribution in [1.82, 2.24) is 0 Å². The Morgan fingerprint density at radius 3 is 2.17 bits per heavy atom. The first kappa shape index (κ1) is 17.5. The Morgan fingerprint density at radius 2 is 1.61 bits per heavy atom. The van der Waals surface area contributed by atoms with Gasteiger partial charge in [-0.2, -0.15) is 0 Å². The number of carbonyl (C=O) groups is 1. The minimum atomic E-state index is -0.350. The third-order valence-electron chi connectivity index (χ3n) is 5.01. The van der Waals surface area contributed by atoms with Crippen molar-refractivity contribution in [2.45, 2.75) is 65.4 Å². The summed E-state index contributed by atoms with van der Waals surface area (Å²) in [6.07, 6.45) is 2.53. The molecule has 2 aromatic rings. The lowest BCUT2D eigenvalue weighted by Gasteiger charge is -2.31. The second kappa shape index (κ2) is 7.16. The van der Waals surface area contributed by atoms with Gasteiger partial charge in [-0.05, 0) is 47.6 Å². The van der Waals surface area contributed by atoms with E-state index in [9.17, 15) is 4.79 Å². The molecule has 2 rings (SSSR count). The topological polar surface area (TPSA) is 26.3 Å². The normalized spacial score (nSPS) is 11.9. The van der Waals surface area contributed by atoms with Gasteiger partial charge >= 0.3 is 5.97 Å². The zero-order valence-electron chi connectivity index (χ0n) is 15.0. The summed E-state index contributed by atoms with van der Waals surface area (Å²) >= 11 is 0. The molecule has 0 aliphatic rings. The van der Waals surface area contributed by atoms with Gasteiger partial charge in [0.2, 0.25) is 0 Å². The number of benzene rings is 2. The van der Waals surface area contributed by atoms with Gasteiger partial charge in [0.25, 0.3) is 0 Å². The molecule has 0 N–H and O–H groups in total. The maximum absolute atomic E-state index is 12.9. The fraction of sp³-hybridized carbons (Fsp3) is 0.476. The Bertz CT molecular complexity index is 673. The highest BCUT2D eigenvalue weighted by Crippen LogP contribution is 2.32. The van der Waals surface area contributed by atoms with Crippen LogP contribution in [0.4, 0.5) is 0 Å². The van der Waals surface area contributed by atoms with E-state index in [1.165, 1.54) is 5.39 Å².